The Kier molecular flexibility index (Phi) is 8.59. The molecule has 1 fully saturated rings. The predicted octanol–water partition coefficient (Wildman–Crippen LogP) is 1.72. The first kappa shape index (κ1) is 29.5. The van der Waals surface area contributed by atoms with Crippen LogP contribution in [0.3, 0.4) is 0 Å². The summed E-state index contributed by atoms with van der Waals surface area (Å²) in [7, 11) is -4.00. The highest BCUT2D eigenvalue weighted by molar-refractivity contribution is 7.89. The molecule has 0 spiro atoms. The number of carboxylic acid groups (broad SMARTS) is 1. The zero-order valence-corrected chi connectivity index (χ0v) is 23.3. The minimum Gasteiger partial charge on any atom is -0.474 e. The number of rotatable bonds is 8. The second kappa shape index (κ2) is 11.9. The van der Waals surface area contributed by atoms with E-state index in [1.807, 2.05) is 12.1 Å². The molecule has 3 aromatic carbocycles. The van der Waals surface area contributed by atoms with Gasteiger partial charge in [0.15, 0.2) is 5.96 Å². The van der Waals surface area contributed by atoms with Crippen LogP contribution in [0.5, 0.6) is 0 Å². The first-order chi connectivity index (χ1) is 19.4. The van der Waals surface area contributed by atoms with Gasteiger partial charge in [-0.3, -0.25) is 15.0 Å². The van der Waals surface area contributed by atoms with Crippen LogP contribution in [0.2, 0.25) is 0 Å². The van der Waals surface area contributed by atoms with Crippen LogP contribution in [0, 0.1) is 12.3 Å². The number of amides is 2. The van der Waals surface area contributed by atoms with Gasteiger partial charge in [0.1, 0.15) is 0 Å². The van der Waals surface area contributed by atoms with Crippen molar-refractivity contribution in [2.45, 2.75) is 30.6 Å². The van der Waals surface area contributed by atoms with E-state index in [9.17, 15) is 27.9 Å². The lowest BCUT2D eigenvalue weighted by Crippen LogP contribution is -2.43. The number of likely N-dealkylation sites (tertiary alicyclic amines) is 1. The number of sulfonamides is 1. The molecule has 0 saturated carbocycles. The van der Waals surface area contributed by atoms with Crippen LogP contribution in [0.1, 0.15) is 40.2 Å². The van der Waals surface area contributed by atoms with Gasteiger partial charge in [0, 0.05) is 32.1 Å². The minimum absolute atomic E-state index is 0.0115. The Morgan fingerprint density at radius 1 is 1.10 bits per heavy atom. The number of carbonyl (C=O) groups excluding carboxylic acids is 2. The van der Waals surface area contributed by atoms with E-state index in [1.165, 1.54) is 18.2 Å². The average Bonchev–Trinajstić information content (AvgIpc) is 2.94. The molecule has 0 aromatic heterocycles. The molecule has 7 N–H and O–H groups in total. The molecule has 0 aliphatic carbocycles. The van der Waals surface area contributed by atoms with Crippen molar-refractivity contribution in [3.63, 3.8) is 0 Å². The predicted molar refractivity (Wildman–Crippen MR) is 154 cm³/mol. The van der Waals surface area contributed by atoms with E-state index in [0.29, 0.717) is 18.7 Å². The lowest BCUT2D eigenvalue weighted by molar-refractivity contribution is -0.148. The van der Waals surface area contributed by atoms with Gasteiger partial charge in [0.25, 0.3) is 5.91 Å². The van der Waals surface area contributed by atoms with Gasteiger partial charge in [-0.25, -0.2) is 17.9 Å². The van der Waals surface area contributed by atoms with Crippen molar-refractivity contribution < 1.29 is 27.9 Å². The maximum Gasteiger partial charge on any atom is 0.394 e. The second-order valence-corrected chi connectivity index (χ2v) is 11.6. The molecule has 4 rings (SSSR count). The van der Waals surface area contributed by atoms with Gasteiger partial charge >= 0.3 is 11.9 Å². The number of anilines is 1. The molecule has 0 radical (unpaired) electrons. The van der Waals surface area contributed by atoms with Gasteiger partial charge < -0.3 is 26.4 Å². The second-order valence-electron chi connectivity index (χ2n) is 9.88. The van der Waals surface area contributed by atoms with E-state index in [0.717, 1.165) is 34.1 Å². The Labute approximate surface area is 237 Å². The number of nitrogens with zero attached hydrogens (tertiary/aromatic N) is 2. The third kappa shape index (κ3) is 6.31. The number of aliphatic carboxylic acids is 1. The van der Waals surface area contributed by atoms with Crippen LogP contribution in [-0.4, -0.2) is 68.3 Å². The topological polar surface area (TPSA) is 200 Å². The summed E-state index contributed by atoms with van der Waals surface area (Å²) < 4.78 is 28.4. The molecule has 2 amide bonds. The van der Waals surface area contributed by atoms with Crippen molar-refractivity contribution in [3.05, 3.63) is 71.3 Å². The number of benzene rings is 3. The van der Waals surface area contributed by atoms with Gasteiger partial charge in [0.2, 0.25) is 10.0 Å². The van der Waals surface area contributed by atoms with Crippen molar-refractivity contribution >= 4 is 50.2 Å². The van der Waals surface area contributed by atoms with Gasteiger partial charge in [-0.1, -0.05) is 36.4 Å². The summed E-state index contributed by atoms with van der Waals surface area (Å²) in [6.45, 7) is 2.06. The molecule has 1 atom stereocenters. The summed E-state index contributed by atoms with van der Waals surface area (Å²) in [5.41, 5.74) is 12.6. The maximum atomic E-state index is 13.0. The minimum atomic E-state index is -4.00. The fourth-order valence-electron chi connectivity index (χ4n) is 5.30. The van der Waals surface area contributed by atoms with Gasteiger partial charge in [-0.05, 0) is 59.9 Å². The number of hydrogen-bond donors (Lipinski definition) is 5. The Bertz CT molecular complexity index is 1640. The van der Waals surface area contributed by atoms with Crippen molar-refractivity contribution in [2.24, 2.45) is 11.5 Å². The highest BCUT2D eigenvalue weighted by Gasteiger charge is 2.30. The number of carbonyl (C=O) groups is 3. The lowest BCUT2D eigenvalue weighted by Gasteiger charge is -2.34. The first-order valence-electron chi connectivity index (χ1n) is 13.0. The quantitative estimate of drug-likeness (QED) is 0.151. The number of nitrogens with one attached hydrogen (secondary N) is 2. The largest absolute Gasteiger partial charge is 0.474 e. The van der Waals surface area contributed by atoms with Crippen LogP contribution < -0.4 is 21.1 Å². The molecule has 216 valence electrons. The Morgan fingerprint density at radius 3 is 2.46 bits per heavy atom. The molecule has 41 heavy (non-hydrogen) atoms. The summed E-state index contributed by atoms with van der Waals surface area (Å²) in [4.78, 5) is 39.7. The van der Waals surface area contributed by atoms with Crippen molar-refractivity contribution in [3.8, 4) is 0 Å². The van der Waals surface area contributed by atoms with E-state index < -0.39 is 27.8 Å². The Morgan fingerprint density at radius 2 is 1.80 bits per heavy atom. The van der Waals surface area contributed by atoms with E-state index in [4.69, 9.17) is 16.9 Å². The zero-order chi connectivity index (χ0) is 29.9. The summed E-state index contributed by atoms with van der Waals surface area (Å²) in [5.74, 6) is -4.10. The van der Waals surface area contributed by atoms with Crippen LogP contribution >= 0.6 is 0 Å². The molecule has 1 saturated heterocycles. The SMILES string of the molecule is Cc1c(C2CCCN(C(=N)N)C2)ccc(N(CCNS(=O)(=O)c2ccc3ccccc3c2)C(=O)C(=O)O)c1C(N)=O. The van der Waals surface area contributed by atoms with Crippen molar-refractivity contribution in [1.29, 1.82) is 5.41 Å². The molecule has 3 aromatic rings. The maximum absolute atomic E-state index is 13.0. The number of hydrogen-bond acceptors (Lipinski definition) is 6. The standard InChI is InChI=1S/C28H32N6O6S/c1-17-22(20-7-4-13-33(16-20)28(30)31)10-11-23(24(17)25(29)35)34(26(36)27(37)38)14-12-32-41(39,40)21-9-8-18-5-2-3-6-19(18)15-21/h2-3,5-6,8-11,15,20,32H,4,7,12-14,16H2,1H3,(H2,29,35)(H3,30,31)(H,37,38). The van der Waals surface area contributed by atoms with E-state index in [1.54, 1.807) is 36.1 Å². The number of piperidine rings is 1. The molecule has 0 bridgehead atoms. The summed E-state index contributed by atoms with van der Waals surface area (Å²) in [6.07, 6.45) is 1.55. The Hall–Kier alpha value is -4.49. The van der Waals surface area contributed by atoms with E-state index in [2.05, 4.69) is 4.72 Å². The third-order valence-electron chi connectivity index (χ3n) is 7.31. The van der Waals surface area contributed by atoms with Crippen LogP contribution in [-0.2, 0) is 19.6 Å². The number of carboxylic acids is 1. The number of guanidine groups is 1. The smallest absolute Gasteiger partial charge is 0.394 e. The van der Waals surface area contributed by atoms with Crippen LogP contribution in [0.25, 0.3) is 10.8 Å². The van der Waals surface area contributed by atoms with Crippen LogP contribution in [0.15, 0.2) is 59.5 Å². The van der Waals surface area contributed by atoms with Gasteiger partial charge in [-0.15, -0.1) is 0 Å². The normalized spacial score (nSPS) is 15.4. The summed E-state index contributed by atoms with van der Waals surface area (Å²) in [6, 6.07) is 15.1. The summed E-state index contributed by atoms with van der Waals surface area (Å²) >= 11 is 0. The molecule has 1 aliphatic rings. The molecule has 1 aliphatic heterocycles. The number of nitrogens with two attached hydrogens (primary N) is 2. The molecule has 1 heterocycles. The average molecular weight is 581 g/mol. The van der Waals surface area contributed by atoms with Gasteiger partial charge in [0.05, 0.1) is 16.1 Å². The van der Waals surface area contributed by atoms with Crippen molar-refractivity contribution in [1.82, 2.24) is 9.62 Å². The molecule has 1 unspecified atom stereocenters. The molecular formula is C28H32N6O6S. The zero-order valence-electron chi connectivity index (χ0n) is 22.5. The first-order valence-corrected chi connectivity index (χ1v) is 14.4. The Balaban J connectivity index is 1.62. The number of primary amides is 1. The molecule has 12 nitrogen and oxygen atoms in total. The van der Waals surface area contributed by atoms with E-state index >= 15 is 0 Å². The van der Waals surface area contributed by atoms with Crippen molar-refractivity contribution in [2.75, 3.05) is 31.1 Å². The highest BCUT2D eigenvalue weighted by atomic mass is 32.2. The highest BCUT2D eigenvalue weighted by Crippen LogP contribution is 2.34. The van der Waals surface area contributed by atoms with Crippen LogP contribution in [0.4, 0.5) is 5.69 Å². The third-order valence-corrected chi connectivity index (χ3v) is 8.77. The monoisotopic (exact) mass is 580 g/mol. The van der Waals surface area contributed by atoms with Gasteiger partial charge in [-0.2, -0.15) is 0 Å². The van der Waals surface area contributed by atoms with E-state index in [-0.39, 0.29) is 41.1 Å². The molecular weight excluding hydrogens is 548 g/mol. The number of fused-ring (bicyclic) bond motifs is 1. The molecule has 13 heteroatoms. The lowest BCUT2D eigenvalue weighted by atomic mass is 9.85. The summed E-state index contributed by atoms with van der Waals surface area (Å²) in [5, 5.41) is 18.9. The fourth-order valence-corrected chi connectivity index (χ4v) is 6.35. The fraction of sp³-hybridized carbons (Fsp3) is 0.286.